The molecule has 2 heterocycles. The van der Waals surface area contributed by atoms with Gasteiger partial charge in [-0.1, -0.05) is 13.8 Å². The monoisotopic (exact) mass is 494 g/mol. The summed E-state index contributed by atoms with van der Waals surface area (Å²) >= 11 is 6.99. The minimum absolute atomic E-state index is 0.131. The zero-order valence-corrected chi connectivity index (χ0v) is 18.4. The molecular formula is C19H20Br2N4O2. The third kappa shape index (κ3) is 3.60. The number of nitrogens with one attached hydrogen (secondary N) is 3. The van der Waals surface area contributed by atoms with Gasteiger partial charge in [-0.25, -0.2) is 4.99 Å². The summed E-state index contributed by atoms with van der Waals surface area (Å²) < 4.78 is 1.91. The first-order valence-corrected chi connectivity index (χ1v) is 10.2. The number of hydrogen-bond donors (Lipinski definition) is 3. The lowest BCUT2D eigenvalue weighted by molar-refractivity contribution is -0.131. The van der Waals surface area contributed by atoms with Gasteiger partial charge >= 0.3 is 0 Å². The Morgan fingerprint density at radius 2 is 2.07 bits per heavy atom. The summed E-state index contributed by atoms with van der Waals surface area (Å²) in [6, 6.07) is 3.99. The fourth-order valence-electron chi connectivity index (χ4n) is 3.06. The highest BCUT2D eigenvalue weighted by Crippen LogP contribution is 2.30. The Kier molecular flexibility index (Phi) is 5.58. The van der Waals surface area contributed by atoms with Crippen molar-refractivity contribution in [1.29, 1.82) is 0 Å². The van der Waals surface area contributed by atoms with Crippen molar-refractivity contribution in [3.63, 3.8) is 0 Å². The maximum absolute atomic E-state index is 12.8. The number of halogens is 2. The molecule has 0 spiro atoms. The van der Waals surface area contributed by atoms with Gasteiger partial charge in [-0.15, -0.1) is 0 Å². The Hall–Kier alpha value is -1.93. The standard InChI is InChI=1S/C19H20Br2N4O2/c1-4-10(2)19(24-11(3)17(26)25-19)18(27)22-6-5-12-9-23-16-8-15(21)14(20)7-13(12)16/h5-10,23H,4H2,1-3H3,(H,22,27)(H,25,26). The van der Waals surface area contributed by atoms with Gasteiger partial charge in [0.2, 0.25) is 5.66 Å². The second kappa shape index (κ2) is 7.59. The van der Waals surface area contributed by atoms with Gasteiger partial charge in [0.1, 0.15) is 0 Å². The number of carbonyl (C=O) groups excluding carboxylic acids is 2. The van der Waals surface area contributed by atoms with E-state index in [-0.39, 0.29) is 17.7 Å². The molecule has 3 N–H and O–H groups in total. The molecule has 0 saturated heterocycles. The van der Waals surface area contributed by atoms with Gasteiger partial charge in [0.05, 0.1) is 5.71 Å². The summed E-state index contributed by atoms with van der Waals surface area (Å²) in [5.41, 5.74) is 0.983. The van der Waals surface area contributed by atoms with Crippen molar-refractivity contribution >= 4 is 66.4 Å². The van der Waals surface area contributed by atoms with E-state index in [2.05, 4.69) is 52.5 Å². The van der Waals surface area contributed by atoms with E-state index in [1.54, 1.807) is 13.1 Å². The maximum Gasteiger partial charge on any atom is 0.272 e. The van der Waals surface area contributed by atoms with Crippen LogP contribution in [-0.2, 0) is 9.59 Å². The Balaban J connectivity index is 1.82. The van der Waals surface area contributed by atoms with Crippen molar-refractivity contribution in [2.24, 2.45) is 10.9 Å². The molecule has 142 valence electrons. The first-order valence-electron chi connectivity index (χ1n) is 8.61. The molecule has 1 aromatic heterocycles. The number of H-pyrrole nitrogens is 1. The van der Waals surface area contributed by atoms with Crippen LogP contribution in [0.1, 0.15) is 32.8 Å². The highest BCUT2D eigenvalue weighted by molar-refractivity contribution is 9.13. The van der Waals surface area contributed by atoms with Crippen molar-refractivity contribution in [3.05, 3.63) is 39.0 Å². The molecule has 0 aliphatic carbocycles. The number of amides is 2. The Labute approximate surface area is 174 Å². The van der Waals surface area contributed by atoms with E-state index in [0.717, 1.165) is 25.4 Å². The second-order valence-electron chi connectivity index (χ2n) is 6.59. The second-order valence-corrected chi connectivity index (χ2v) is 8.30. The van der Waals surface area contributed by atoms with Crippen LogP contribution in [0.25, 0.3) is 17.0 Å². The molecule has 0 radical (unpaired) electrons. The summed E-state index contributed by atoms with van der Waals surface area (Å²) in [5, 5.41) is 6.55. The van der Waals surface area contributed by atoms with Gasteiger partial charge in [0, 0.05) is 43.7 Å². The molecule has 0 fully saturated rings. The van der Waals surface area contributed by atoms with Gasteiger partial charge in [-0.05, 0) is 63.4 Å². The summed E-state index contributed by atoms with van der Waals surface area (Å²) in [7, 11) is 0. The molecule has 8 heteroatoms. The summed E-state index contributed by atoms with van der Waals surface area (Å²) in [6.07, 6.45) is 5.98. The molecule has 3 rings (SSSR count). The van der Waals surface area contributed by atoms with Crippen molar-refractivity contribution in [3.8, 4) is 0 Å². The Morgan fingerprint density at radius 1 is 1.37 bits per heavy atom. The van der Waals surface area contributed by atoms with E-state index in [9.17, 15) is 9.59 Å². The van der Waals surface area contributed by atoms with Crippen LogP contribution < -0.4 is 10.6 Å². The topological polar surface area (TPSA) is 86.3 Å². The first kappa shape index (κ1) is 19.8. The van der Waals surface area contributed by atoms with Crippen molar-refractivity contribution < 1.29 is 9.59 Å². The third-order valence-electron chi connectivity index (χ3n) is 4.88. The molecule has 0 saturated carbocycles. The van der Waals surface area contributed by atoms with Crippen LogP contribution in [0.4, 0.5) is 0 Å². The Bertz CT molecular complexity index is 979. The maximum atomic E-state index is 12.8. The highest BCUT2D eigenvalue weighted by Gasteiger charge is 2.48. The van der Waals surface area contributed by atoms with Crippen LogP contribution in [0.3, 0.4) is 0 Å². The molecule has 1 aliphatic heterocycles. The number of carbonyl (C=O) groups is 2. The van der Waals surface area contributed by atoms with Gasteiger partial charge in [-0.2, -0.15) is 0 Å². The average molecular weight is 496 g/mol. The number of fused-ring (bicyclic) bond motifs is 1. The molecule has 2 unspecified atom stereocenters. The fraction of sp³-hybridized carbons (Fsp3) is 0.316. The molecule has 6 nitrogen and oxygen atoms in total. The molecule has 1 aliphatic rings. The predicted octanol–water partition coefficient (Wildman–Crippen LogP) is 4.11. The highest BCUT2D eigenvalue weighted by atomic mass is 79.9. The van der Waals surface area contributed by atoms with Crippen LogP contribution in [-0.4, -0.2) is 28.2 Å². The third-order valence-corrected chi connectivity index (χ3v) is 6.72. The molecule has 0 bridgehead atoms. The minimum Gasteiger partial charge on any atom is -0.361 e. The molecule has 2 aromatic rings. The molecule has 2 amide bonds. The SMILES string of the molecule is CCC(C)C1(C(=O)NC=Cc2c[nH]c3cc(Br)c(Br)cc23)N=C(C)C(=O)N1. The van der Waals surface area contributed by atoms with Gasteiger partial charge in [0.15, 0.2) is 0 Å². The summed E-state index contributed by atoms with van der Waals surface area (Å²) in [6.45, 7) is 5.48. The summed E-state index contributed by atoms with van der Waals surface area (Å²) in [5.74, 6) is -0.780. The quantitative estimate of drug-likeness (QED) is 0.582. The zero-order valence-electron chi connectivity index (χ0n) is 15.2. The Morgan fingerprint density at radius 3 is 2.70 bits per heavy atom. The first-order chi connectivity index (χ1) is 12.8. The van der Waals surface area contributed by atoms with Gasteiger partial charge in [0.25, 0.3) is 11.8 Å². The van der Waals surface area contributed by atoms with Gasteiger partial charge in [-0.3, -0.25) is 9.59 Å². The van der Waals surface area contributed by atoms with E-state index in [1.807, 2.05) is 38.3 Å². The predicted molar refractivity (Wildman–Crippen MR) is 114 cm³/mol. The lowest BCUT2D eigenvalue weighted by Gasteiger charge is -2.30. The van der Waals surface area contributed by atoms with Crippen molar-refractivity contribution in [2.45, 2.75) is 32.9 Å². The van der Waals surface area contributed by atoms with E-state index in [0.29, 0.717) is 12.1 Å². The van der Waals surface area contributed by atoms with E-state index in [1.165, 1.54) is 0 Å². The molecule has 1 aromatic carbocycles. The lowest BCUT2D eigenvalue weighted by atomic mass is 9.91. The number of aliphatic imine (C=N–C) groups is 1. The molecule has 27 heavy (non-hydrogen) atoms. The molecular weight excluding hydrogens is 476 g/mol. The van der Waals surface area contributed by atoms with Crippen LogP contribution in [0, 0.1) is 5.92 Å². The fourth-order valence-corrected chi connectivity index (χ4v) is 3.75. The summed E-state index contributed by atoms with van der Waals surface area (Å²) in [4.78, 5) is 32.3. The largest absolute Gasteiger partial charge is 0.361 e. The minimum atomic E-state index is -1.26. The number of aromatic nitrogens is 1. The number of aromatic amines is 1. The van der Waals surface area contributed by atoms with Crippen LogP contribution >= 0.6 is 31.9 Å². The van der Waals surface area contributed by atoms with Crippen LogP contribution in [0.15, 0.2) is 38.5 Å². The average Bonchev–Trinajstić information content (AvgIpc) is 3.16. The van der Waals surface area contributed by atoms with Crippen molar-refractivity contribution in [1.82, 2.24) is 15.6 Å². The van der Waals surface area contributed by atoms with Crippen LogP contribution in [0.2, 0.25) is 0 Å². The lowest BCUT2D eigenvalue weighted by Crippen LogP contribution is -2.57. The van der Waals surface area contributed by atoms with Crippen molar-refractivity contribution in [2.75, 3.05) is 0 Å². The smallest absolute Gasteiger partial charge is 0.272 e. The normalized spacial score (nSPS) is 20.8. The number of nitrogens with zero attached hydrogens (tertiary/aromatic N) is 1. The number of rotatable bonds is 5. The van der Waals surface area contributed by atoms with E-state index < -0.39 is 5.66 Å². The van der Waals surface area contributed by atoms with Crippen LogP contribution in [0.5, 0.6) is 0 Å². The van der Waals surface area contributed by atoms with E-state index >= 15 is 0 Å². The zero-order chi connectivity index (χ0) is 19.8. The number of benzene rings is 1. The van der Waals surface area contributed by atoms with E-state index in [4.69, 9.17) is 0 Å². The molecule has 2 atom stereocenters. The van der Waals surface area contributed by atoms with Gasteiger partial charge < -0.3 is 15.6 Å². The number of hydrogen-bond acceptors (Lipinski definition) is 3.